The topological polar surface area (TPSA) is 41.5 Å². The van der Waals surface area contributed by atoms with E-state index >= 15 is 0 Å². The zero-order chi connectivity index (χ0) is 14.7. The van der Waals surface area contributed by atoms with Gasteiger partial charge in [0.2, 0.25) is 5.91 Å². The molecule has 0 heterocycles. The number of hydrogen-bond acceptors (Lipinski definition) is 2. The van der Waals surface area contributed by atoms with Crippen LogP contribution in [-0.2, 0) is 4.79 Å². The predicted molar refractivity (Wildman–Crippen MR) is 87.2 cm³/mol. The largest absolute Gasteiger partial charge is 0.273 e. The lowest BCUT2D eigenvalue weighted by Gasteiger charge is -2.00. The van der Waals surface area contributed by atoms with Crippen LogP contribution in [0.4, 0.5) is 0 Å². The molecular formula is C17H15BrN2O. The van der Waals surface area contributed by atoms with E-state index in [2.05, 4.69) is 38.6 Å². The van der Waals surface area contributed by atoms with Gasteiger partial charge in [-0.3, -0.25) is 4.79 Å². The summed E-state index contributed by atoms with van der Waals surface area (Å²) in [4.78, 5) is 12.0. The minimum atomic E-state index is -0.00258. The Kier molecular flexibility index (Phi) is 4.15. The van der Waals surface area contributed by atoms with E-state index in [-0.39, 0.29) is 11.8 Å². The van der Waals surface area contributed by atoms with E-state index < -0.39 is 0 Å². The Hall–Kier alpha value is -1.94. The highest BCUT2D eigenvalue weighted by atomic mass is 79.9. The number of hydrazone groups is 1. The predicted octanol–water partition coefficient (Wildman–Crippen LogP) is 3.70. The molecule has 0 radical (unpaired) electrons. The number of rotatable bonds is 4. The fourth-order valence-electron chi connectivity index (χ4n) is 2.36. The molecule has 0 aromatic heterocycles. The smallest absolute Gasteiger partial charge is 0.243 e. The lowest BCUT2D eigenvalue weighted by Crippen LogP contribution is -2.20. The first-order chi connectivity index (χ1) is 10.2. The first-order valence-electron chi connectivity index (χ1n) is 6.87. The maximum absolute atomic E-state index is 12.0. The second-order valence-corrected chi connectivity index (χ2v) is 6.06. The molecule has 106 valence electrons. The molecule has 2 atom stereocenters. The maximum atomic E-state index is 12.0. The number of benzene rings is 2. The highest BCUT2D eigenvalue weighted by Crippen LogP contribution is 2.47. The van der Waals surface area contributed by atoms with Crippen molar-refractivity contribution < 1.29 is 4.79 Å². The van der Waals surface area contributed by atoms with Crippen LogP contribution >= 0.6 is 15.9 Å². The molecule has 2 aromatic carbocycles. The van der Waals surface area contributed by atoms with Gasteiger partial charge in [-0.2, -0.15) is 5.10 Å². The van der Waals surface area contributed by atoms with Gasteiger partial charge in [-0.25, -0.2) is 5.43 Å². The van der Waals surface area contributed by atoms with Crippen molar-refractivity contribution >= 4 is 28.1 Å². The third-order valence-corrected chi connectivity index (χ3v) is 4.14. The van der Waals surface area contributed by atoms with Crippen LogP contribution in [0.2, 0.25) is 0 Å². The van der Waals surface area contributed by atoms with Crippen LogP contribution in [0.3, 0.4) is 0 Å². The number of carbonyl (C=O) groups excluding carboxylic acids is 1. The van der Waals surface area contributed by atoms with E-state index in [4.69, 9.17) is 0 Å². The first kappa shape index (κ1) is 14.0. The Morgan fingerprint density at radius 3 is 2.57 bits per heavy atom. The van der Waals surface area contributed by atoms with Crippen molar-refractivity contribution in [1.29, 1.82) is 0 Å². The molecule has 2 unspecified atom stereocenters. The third kappa shape index (κ3) is 3.58. The molecule has 21 heavy (non-hydrogen) atoms. The van der Waals surface area contributed by atoms with Crippen LogP contribution in [0.5, 0.6) is 0 Å². The summed E-state index contributed by atoms with van der Waals surface area (Å²) in [5, 5.41) is 4.02. The average molecular weight is 343 g/mol. The molecule has 1 N–H and O–H groups in total. The van der Waals surface area contributed by atoms with E-state index in [0.717, 1.165) is 16.5 Å². The van der Waals surface area contributed by atoms with Gasteiger partial charge < -0.3 is 0 Å². The van der Waals surface area contributed by atoms with Crippen LogP contribution in [-0.4, -0.2) is 12.1 Å². The van der Waals surface area contributed by atoms with Crippen molar-refractivity contribution in [1.82, 2.24) is 5.43 Å². The van der Waals surface area contributed by atoms with Crippen molar-refractivity contribution in [2.45, 2.75) is 12.3 Å². The summed E-state index contributed by atoms with van der Waals surface area (Å²) in [5.41, 5.74) is 4.81. The van der Waals surface area contributed by atoms with Crippen LogP contribution in [0.1, 0.15) is 23.5 Å². The Bertz CT molecular complexity index is 652. The zero-order valence-corrected chi connectivity index (χ0v) is 13.0. The fraction of sp³-hybridized carbons (Fsp3) is 0.176. The Morgan fingerprint density at radius 2 is 1.86 bits per heavy atom. The van der Waals surface area contributed by atoms with Crippen molar-refractivity contribution in [3.63, 3.8) is 0 Å². The molecule has 0 saturated heterocycles. The number of halogens is 1. The molecule has 2 aromatic rings. The van der Waals surface area contributed by atoms with Gasteiger partial charge >= 0.3 is 0 Å². The molecule has 3 rings (SSSR count). The Labute approximate surface area is 132 Å². The summed E-state index contributed by atoms with van der Waals surface area (Å²) in [6.45, 7) is 0. The zero-order valence-electron chi connectivity index (χ0n) is 11.4. The molecule has 1 amide bonds. The van der Waals surface area contributed by atoms with Gasteiger partial charge in [0.1, 0.15) is 0 Å². The van der Waals surface area contributed by atoms with E-state index in [1.165, 1.54) is 5.56 Å². The summed E-state index contributed by atoms with van der Waals surface area (Å²) in [6, 6.07) is 17.9. The molecule has 0 spiro atoms. The van der Waals surface area contributed by atoms with Crippen LogP contribution in [0, 0.1) is 5.92 Å². The highest BCUT2D eigenvalue weighted by Gasteiger charge is 2.43. The van der Waals surface area contributed by atoms with Gasteiger partial charge in [0.05, 0.1) is 6.21 Å². The lowest BCUT2D eigenvalue weighted by atomic mass is 10.1. The van der Waals surface area contributed by atoms with Gasteiger partial charge in [0.15, 0.2) is 0 Å². The monoisotopic (exact) mass is 342 g/mol. The standard InChI is InChI=1S/C17H15BrN2O/c18-14-8-6-12(7-9-14)11-19-20-17(21)16-10-15(16)13-4-2-1-3-5-13/h1-9,11,15-16H,10H2,(H,20,21)/b19-11+. The molecule has 0 aliphatic heterocycles. The van der Waals surface area contributed by atoms with Gasteiger partial charge in [0.25, 0.3) is 0 Å². The lowest BCUT2D eigenvalue weighted by molar-refractivity contribution is -0.122. The quantitative estimate of drug-likeness (QED) is 0.667. The highest BCUT2D eigenvalue weighted by molar-refractivity contribution is 9.10. The molecule has 1 saturated carbocycles. The second-order valence-electron chi connectivity index (χ2n) is 5.15. The summed E-state index contributed by atoms with van der Waals surface area (Å²) in [6.07, 6.45) is 2.56. The Balaban J connectivity index is 1.53. The normalized spacial score (nSPS) is 20.4. The van der Waals surface area contributed by atoms with E-state index in [9.17, 15) is 4.79 Å². The number of nitrogens with zero attached hydrogens (tertiary/aromatic N) is 1. The molecular weight excluding hydrogens is 328 g/mol. The molecule has 3 nitrogen and oxygen atoms in total. The SMILES string of the molecule is O=C(N/N=C/c1ccc(Br)cc1)C1CC1c1ccccc1. The molecule has 0 bridgehead atoms. The summed E-state index contributed by atoms with van der Waals surface area (Å²) >= 11 is 3.38. The minimum absolute atomic E-state index is 0.00258. The van der Waals surface area contributed by atoms with E-state index in [1.807, 2.05) is 42.5 Å². The van der Waals surface area contributed by atoms with E-state index in [0.29, 0.717) is 5.92 Å². The summed E-state index contributed by atoms with van der Waals surface area (Å²) < 4.78 is 1.02. The first-order valence-corrected chi connectivity index (χ1v) is 7.67. The Morgan fingerprint density at radius 1 is 1.14 bits per heavy atom. The van der Waals surface area contributed by atoms with Gasteiger partial charge in [-0.05, 0) is 35.6 Å². The van der Waals surface area contributed by atoms with Crippen LogP contribution < -0.4 is 5.43 Å². The second kappa shape index (κ2) is 6.22. The van der Waals surface area contributed by atoms with E-state index in [1.54, 1.807) is 6.21 Å². The average Bonchev–Trinajstić information content (AvgIpc) is 3.31. The van der Waals surface area contributed by atoms with Gasteiger partial charge in [-0.1, -0.05) is 58.4 Å². The van der Waals surface area contributed by atoms with Gasteiger partial charge in [-0.15, -0.1) is 0 Å². The molecule has 1 aliphatic carbocycles. The fourth-order valence-corrected chi connectivity index (χ4v) is 2.62. The van der Waals surface area contributed by atoms with Crippen LogP contribution in [0.25, 0.3) is 0 Å². The molecule has 1 aliphatic rings. The molecule has 1 fully saturated rings. The minimum Gasteiger partial charge on any atom is -0.273 e. The van der Waals surface area contributed by atoms with Crippen molar-refractivity contribution in [2.75, 3.05) is 0 Å². The van der Waals surface area contributed by atoms with Crippen molar-refractivity contribution in [2.24, 2.45) is 11.0 Å². The van der Waals surface area contributed by atoms with Gasteiger partial charge in [0, 0.05) is 10.4 Å². The number of hydrogen-bond donors (Lipinski definition) is 1. The molecule has 4 heteroatoms. The number of amides is 1. The number of nitrogens with one attached hydrogen (secondary N) is 1. The maximum Gasteiger partial charge on any atom is 0.243 e. The third-order valence-electron chi connectivity index (χ3n) is 3.61. The van der Waals surface area contributed by atoms with Crippen LogP contribution in [0.15, 0.2) is 64.2 Å². The van der Waals surface area contributed by atoms with Crippen molar-refractivity contribution in [3.05, 3.63) is 70.2 Å². The summed E-state index contributed by atoms with van der Waals surface area (Å²) in [5.74, 6) is 0.390. The van der Waals surface area contributed by atoms with Crippen molar-refractivity contribution in [3.8, 4) is 0 Å². The summed E-state index contributed by atoms with van der Waals surface area (Å²) in [7, 11) is 0. The number of carbonyl (C=O) groups is 1.